The maximum atomic E-state index is 14.0. The molecule has 0 N–H and O–H groups in total. The fourth-order valence-corrected chi connectivity index (χ4v) is 5.11. The lowest BCUT2D eigenvalue weighted by atomic mass is 10.1. The van der Waals surface area contributed by atoms with Crippen LogP contribution in [0.5, 0.6) is 0 Å². The first-order chi connectivity index (χ1) is 14.3. The van der Waals surface area contributed by atoms with Crippen LogP contribution in [0.2, 0.25) is 5.15 Å². The molecular formula is C20H16ClF2N3O3S. The molecule has 156 valence electrons. The maximum Gasteiger partial charge on any atom is 0.272 e. The van der Waals surface area contributed by atoms with E-state index < -0.39 is 26.6 Å². The molecule has 0 atom stereocenters. The number of pyridine rings is 1. The number of carbonyl (C=O) groups is 1. The zero-order valence-electron chi connectivity index (χ0n) is 15.6. The van der Waals surface area contributed by atoms with Crippen LogP contribution in [-0.4, -0.2) is 54.7 Å². The lowest BCUT2D eigenvalue weighted by molar-refractivity contribution is 0.0692. The lowest BCUT2D eigenvalue weighted by Gasteiger charge is -2.33. The number of hydrogen-bond donors (Lipinski definition) is 0. The van der Waals surface area contributed by atoms with E-state index in [-0.39, 0.29) is 42.9 Å². The summed E-state index contributed by atoms with van der Waals surface area (Å²) < 4.78 is 53.5. The Hall–Kier alpha value is -2.62. The Morgan fingerprint density at radius 2 is 1.70 bits per heavy atom. The fourth-order valence-electron chi connectivity index (χ4n) is 3.38. The summed E-state index contributed by atoms with van der Waals surface area (Å²) in [4.78, 5) is 17.9. The van der Waals surface area contributed by atoms with Crippen LogP contribution in [0.15, 0.2) is 53.4 Å². The molecule has 0 radical (unpaired) electrons. The van der Waals surface area contributed by atoms with Crippen molar-refractivity contribution in [2.45, 2.75) is 4.90 Å². The predicted octanol–water partition coefficient (Wildman–Crippen LogP) is 3.31. The van der Waals surface area contributed by atoms with Crippen molar-refractivity contribution in [3.05, 3.63) is 71.0 Å². The minimum Gasteiger partial charge on any atom is -0.335 e. The van der Waals surface area contributed by atoms with Gasteiger partial charge in [0.1, 0.15) is 27.4 Å². The number of rotatable bonds is 3. The van der Waals surface area contributed by atoms with Gasteiger partial charge in [-0.2, -0.15) is 4.31 Å². The Morgan fingerprint density at radius 3 is 2.40 bits per heavy atom. The van der Waals surface area contributed by atoms with Crippen molar-refractivity contribution in [3.8, 4) is 0 Å². The van der Waals surface area contributed by atoms with Crippen molar-refractivity contribution in [2.24, 2.45) is 0 Å². The molecular weight excluding hydrogens is 436 g/mol. The van der Waals surface area contributed by atoms with Gasteiger partial charge in [-0.1, -0.05) is 35.9 Å². The summed E-state index contributed by atoms with van der Waals surface area (Å²) in [5, 5.41) is 1.71. The van der Waals surface area contributed by atoms with Crippen molar-refractivity contribution in [2.75, 3.05) is 26.2 Å². The molecule has 30 heavy (non-hydrogen) atoms. The predicted molar refractivity (Wildman–Crippen MR) is 108 cm³/mol. The van der Waals surface area contributed by atoms with Gasteiger partial charge in [0.05, 0.1) is 0 Å². The molecule has 1 saturated heterocycles. The number of benzene rings is 2. The van der Waals surface area contributed by atoms with Gasteiger partial charge in [-0.15, -0.1) is 0 Å². The summed E-state index contributed by atoms with van der Waals surface area (Å²) in [6, 6.07) is 11.2. The average Bonchev–Trinajstić information content (AvgIpc) is 2.73. The summed E-state index contributed by atoms with van der Waals surface area (Å²) in [5.74, 6) is -2.38. The molecule has 3 aromatic rings. The average molecular weight is 452 g/mol. The number of nitrogens with zero attached hydrogens (tertiary/aromatic N) is 3. The first kappa shape index (κ1) is 20.6. The number of carbonyl (C=O) groups excluding carboxylic acids is 1. The van der Waals surface area contributed by atoms with Crippen molar-refractivity contribution < 1.29 is 22.0 Å². The largest absolute Gasteiger partial charge is 0.335 e. The van der Waals surface area contributed by atoms with Crippen LogP contribution in [0.1, 0.15) is 10.5 Å². The fraction of sp³-hybridized carbons (Fsp3) is 0.200. The number of fused-ring (bicyclic) bond motifs is 1. The van der Waals surface area contributed by atoms with Gasteiger partial charge in [0, 0.05) is 37.6 Å². The quantitative estimate of drug-likeness (QED) is 0.573. The molecule has 0 unspecified atom stereocenters. The summed E-state index contributed by atoms with van der Waals surface area (Å²) in [7, 11) is -4.14. The topological polar surface area (TPSA) is 70.6 Å². The first-order valence-electron chi connectivity index (χ1n) is 9.07. The molecule has 0 bridgehead atoms. The van der Waals surface area contributed by atoms with E-state index in [1.54, 1.807) is 12.1 Å². The normalized spacial score (nSPS) is 15.5. The minimum atomic E-state index is -4.14. The van der Waals surface area contributed by atoms with Crippen molar-refractivity contribution >= 4 is 38.3 Å². The third-order valence-corrected chi connectivity index (χ3v) is 7.17. The number of amides is 1. The number of halogens is 3. The van der Waals surface area contributed by atoms with E-state index in [1.165, 1.54) is 4.90 Å². The summed E-state index contributed by atoms with van der Waals surface area (Å²) in [6.07, 6.45) is 0. The van der Waals surface area contributed by atoms with Crippen LogP contribution in [0.3, 0.4) is 0 Å². The SMILES string of the molecule is O=C(c1cc2ccccc2c(Cl)n1)N1CCN(S(=O)(=O)c2ccc(F)cc2F)CC1. The summed E-state index contributed by atoms with van der Waals surface area (Å²) in [5.41, 5.74) is 0.166. The Balaban J connectivity index is 1.51. The molecule has 1 aliphatic rings. The van der Waals surface area contributed by atoms with Gasteiger partial charge in [0.15, 0.2) is 0 Å². The van der Waals surface area contributed by atoms with E-state index in [4.69, 9.17) is 11.6 Å². The molecule has 1 fully saturated rings. The van der Waals surface area contributed by atoms with E-state index in [9.17, 15) is 22.0 Å². The molecule has 0 saturated carbocycles. The van der Waals surface area contributed by atoms with Crippen molar-refractivity contribution in [1.82, 2.24) is 14.2 Å². The Bertz CT molecular complexity index is 1250. The van der Waals surface area contributed by atoms with Crippen LogP contribution in [0.4, 0.5) is 8.78 Å². The Kier molecular flexibility index (Phi) is 5.44. The van der Waals surface area contributed by atoms with Gasteiger partial charge in [0.2, 0.25) is 10.0 Å². The molecule has 10 heteroatoms. The standard InChI is InChI=1S/C20H16ClF2N3O3S/c21-19-15-4-2-1-3-13(15)11-17(24-19)20(27)25-7-9-26(10-8-25)30(28,29)18-6-5-14(22)12-16(18)23/h1-6,11-12H,7-10H2. The minimum absolute atomic E-state index is 0.0216. The van der Waals surface area contributed by atoms with Crippen LogP contribution >= 0.6 is 11.6 Å². The second kappa shape index (κ2) is 7.90. The van der Waals surface area contributed by atoms with E-state index in [0.29, 0.717) is 6.07 Å². The number of piperazine rings is 1. The zero-order chi connectivity index (χ0) is 21.5. The highest BCUT2D eigenvalue weighted by Gasteiger charge is 2.32. The summed E-state index contributed by atoms with van der Waals surface area (Å²) >= 11 is 6.19. The van der Waals surface area contributed by atoms with Gasteiger partial charge in [-0.25, -0.2) is 22.2 Å². The smallest absolute Gasteiger partial charge is 0.272 e. The molecule has 2 heterocycles. The highest BCUT2D eigenvalue weighted by atomic mass is 35.5. The highest BCUT2D eigenvalue weighted by Crippen LogP contribution is 2.24. The third-order valence-electron chi connectivity index (χ3n) is 4.95. The molecule has 0 spiro atoms. The van der Waals surface area contributed by atoms with Gasteiger partial charge in [0.25, 0.3) is 5.91 Å². The van der Waals surface area contributed by atoms with Gasteiger partial charge in [-0.05, 0) is 23.6 Å². The second-order valence-electron chi connectivity index (χ2n) is 6.79. The molecule has 2 aromatic carbocycles. The molecule has 1 amide bonds. The van der Waals surface area contributed by atoms with Gasteiger partial charge >= 0.3 is 0 Å². The first-order valence-corrected chi connectivity index (χ1v) is 10.9. The molecule has 4 rings (SSSR count). The Labute approximate surface area is 176 Å². The molecule has 1 aliphatic heterocycles. The van der Waals surface area contributed by atoms with Crippen LogP contribution in [0.25, 0.3) is 10.8 Å². The van der Waals surface area contributed by atoms with E-state index in [1.807, 2.05) is 18.2 Å². The number of hydrogen-bond acceptors (Lipinski definition) is 4. The van der Waals surface area contributed by atoms with Crippen molar-refractivity contribution in [3.63, 3.8) is 0 Å². The number of aromatic nitrogens is 1. The van der Waals surface area contributed by atoms with E-state index >= 15 is 0 Å². The van der Waals surface area contributed by atoms with Gasteiger partial charge in [-0.3, -0.25) is 4.79 Å². The van der Waals surface area contributed by atoms with Crippen LogP contribution < -0.4 is 0 Å². The lowest BCUT2D eigenvalue weighted by Crippen LogP contribution is -2.50. The zero-order valence-corrected chi connectivity index (χ0v) is 17.1. The molecule has 1 aromatic heterocycles. The Morgan fingerprint density at radius 1 is 1.00 bits per heavy atom. The second-order valence-corrected chi connectivity index (χ2v) is 9.05. The maximum absolute atomic E-state index is 14.0. The highest BCUT2D eigenvalue weighted by molar-refractivity contribution is 7.89. The van der Waals surface area contributed by atoms with E-state index in [0.717, 1.165) is 27.2 Å². The van der Waals surface area contributed by atoms with Gasteiger partial charge < -0.3 is 4.90 Å². The summed E-state index contributed by atoms with van der Waals surface area (Å²) in [6.45, 7) is 0.165. The third kappa shape index (κ3) is 3.76. The monoisotopic (exact) mass is 451 g/mol. The van der Waals surface area contributed by atoms with Crippen LogP contribution in [-0.2, 0) is 10.0 Å². The van der Waals surface area contributed by atoms with E-state index in [2.05, 4.69) is 4.98 Å². The van der Waals surface area contributed by atoms with Crippen LogP contribution in [0, 0.1) is 11.6 Å². The molecule has 0 aliphatic carbocycles. The number of sulfonamides is 1. The molecule has 6 nitrogen and oxygen atoms in total. The van der Waals surface area contributed by atoms with Crippen molar-refractivity contribution in [1.29, 1.82) is 0 Å².